The predicted octanol–water partition coefficient (Wildman–Crippen LogP) is -2.22. The maximum atomic E-state index is 11.8. The number of rotatable bonds is 11. The molecule has 0 unspecified atom stereocenters. The summed E-state index contributed by atoms with van der Waals surface area (Å²) in [6.07, 6.45) is -0.524. The number of carboxylic acids is 5. The van der Waals surface area contributed by atoms with Gasteiger partial charge in [0.25, 0.3) is 0 Å². The first-order chi connectivity index (χ1) is 15.5. The van der Waals surface area contributed by atoms with Crippen LogP contribution >= 0.6 is 0 Å². The van der Waals surface area contributed by atoms with Crippen LogP contribution in [0.2, 0.25) is 0 Å². The molecular weight excluding hydrogens is 444 g/mol. The van der Waals surface area contributed by atoms with Gasteiger partial charge in [0.2, 0.25) is 0 Å². The Labute approximate surface area is 190 Å². The molecular formula is C19H32N4O10. The van der Waals surface area contributed by atoms with E-state index in [2.05, 4.69) is 0 Å². The van der Waals surface area contributed by atoms with Crippen molar-refractivity contribution in [3.63, 3.8) is 0 Å². The molecule has 0 radical (unpaired) electrons. The van der Waals surface area contributed by atoms with Crippen LogP contribution in [0.4, 0.5) is 0 Å². The van der Waals surface area contributed by atoms with Gasteiger partial charge in [0.15, 0.2) is 0 Å². The molecule has 1 heterocycles. The van der Waals surface area contributed by atoms with Gasteiger partial charge in [-0.05, 0) is 6.42 Å². The van der Waals surface area contributed by atoms with Gasteiger partial charge >= 0.3 is 29.8 Å². The molecule has 14 heteroatoms. The molecule has 0 aliphatic carbocycles. The first-order valence-corrected chi connectivity index (χ1v) is 10.5. The fourth-order valence-corrected chi connectivity index (χ4v) is 3.63. The average molecular weight is 476 g/mol. The van der Waals surface area contributed by atoms with Gasteiger partial charge in [-0.15, -0.1) is 0 Å². The van der Waals surface area contributed by atoms with Gasteiger partial charge in [-0.1, -0.05) is 0 Å². The summed E-state index contributed by atoms with van der Waals surface area (Å²) in [5, 5.41) is 46.2. The van der Waals surface area contributed by atoms with E-state index in [0.717, 1.165) is 0 Å². The number of carbonyl (C=O) groups is 5. The van der Waals surface area contributed by atoms with E-state index in [0.29, 0.717) is 0 Å². The molecule has 0 aromatic carbocycles. The summed E-state index contributed by atoms with van der Waals surface area (Å²) in [7, 11) is 0. The minimum Gasteiger partial charge on any atom is -0.481 e. The second-order valence-corrected chi connectivity index (χ2v) is 7.83. The molecule has 0 amide bonds. The van der Waals surface area contributed by atoms with E-state index < -0.39 is 35.9 Å². The summed E-state index contributed by atoms with van der Waals surface area (Å²) >= 11 is 0. The molecule has 0 bridgehead atoms. The molecule has 33 heavy (non-hydrogen) atoms. The Morgan fingerprint density at radius 1 is 0.545 bits per heavy atom. The second-order valence-electron chi connectivity index (χ2n) is 7.83. The second kappa shape index (κ2) is 14.4. The monoisotopic (exact) mass is 476 g/mol. The first kappa shape index (κ1) is 28.2. The number of carboxylic acid groups (broad SMARTS) is 5. The van der Waals surface area contributed by atoms with Crippen LogP contribution in [-0.2, 0) is 24.0 Å². The molecule has 1 aliphatic rings. The lowest BCUT2D eigenvalue weighted by atomic mass is 10.1. The van der Waals surface area contributed by atoms with E-state index in [4.69, 9.17) is 10.2 Å². The lowest BCUT2D eigenvalue weighted by molar-refractivity contribution is -0.146. The Morgan fingerprint density at radius 2 is 0.879 bits per heavy atom. The number of hydrogen-bond donors (Lipinski definition) is 5. The van der Waals surface area contributed by atoms with Crippen LogP contribution in [0.25, 0.3) is 0 Å². The fourth-order valence-electron chi connectivity index (χ4n) is 3.63. The molecule has 5 N–H and O–H groups in total. The number of nitrogens with zero attached hydrogens (tertiary/aromatic N) is 4. The minimum atomic E-state index is -1.22. The van der Waals surface area contributed by atoms with E-state index >= 15 is 0 Å². The van der Waals surface area contributed by atoms with Crippen LogP contribution in [0.1, 0.15) is 12.8 Å². The van der Waals surface area contributed by atoms with E-state index in [9.17, 15) is 39.3 Å². The van der Waals surface area contributed by atoms with Gasteiger partial charge in [-0.25, -0.2) is 0 Å². The third kappa shape index (κ3) is 12.1. The maximum Gasteiger partial charge on any atom is 0.320 e. The number of hydrogen-bond acceptors (Lipinski definition) is 9. The van der Waals surface area contributed by atoms with Gasteiger partial charge in [0.05, 0.1) is 19.6 Å². The zero-order valence-electron chi connectivity index (χ0n) is 18.3. The average Bonchev–Trinajstić information content (AvgIpc) is 2.67. The minimum absolute atomic E-state index is 0.115. The van der Waals surface area contributed by atoms with Gasteiger partial charge in [-0.2, -0.15) is 0 Å². The third-order valence-electron chi connectivity index (χ3n) is 5.31. The van der Waals surface area contributed by atoms with Crippen LogP contribution in [0.15, 0.2) is 0 Å². The van der Waals surface area contributed by atoms with Gasteiger partial charge in [-0.3, -0.25) is 43.6 Å². The largest absolute Gasteiger partial charge is 0.481 e. The molecule has 1 fully saturated rings. The Bertz CT molecular complexity index is 672. The molecule has 1 atom stereocenters. The molecule has 0 spiro atoms. The molecule has 0 aromatic rings. The topological polar surface area (TPSA) is 199 Å². The van der Waals surface area contributed by atoms with Gasteiger partial charge < -0.3 is 25.5 Å². The van der Waals surface area contributed by atoms with Crippen molar-refractivity contribution in [2.45, 2.75) is 18.9 Å². The van der Waals surface area contributed by atoms with Crippen LogP contribution < -0.4 is 0 Å². The summed E-state index contributed by atoms with van der Waals surface area (Å²) in [5.74, 6) is -5.61. The summed E-state index contributed by atoms with van der Waals surface area (Å²) in [6.45, 7) is 0.464. The SMILES string of the molecule is O=C(O)CC[C@H](C(=O)O)N1CCN(CC(=O)O)CCN(CC(=O)O)CCN(CC(=O)O)CC1. The molecule has 1 rings (SSSR count). The quantitative estimate of drug-likeness (QED) is 0.215. The van der Waals surface area contributed by atoms with Crippen molar-refractivity contribution >= 4 is 29.8 Å². The summed E-state index contributed by atoms with van der Waals surface area (Å²) in [6, 6.07) is -1.13. The highest BCUT2D eigenvalue weighted by Crippen LogP contribution is 2.10. The van der Waals surface area contributed by atoms with Crippen molar-refractivity contribution in [1.82, 2.24) is 19.6 Å². The van der Waals surface area contributed by atoms with Crippen LogP contribution in [0.3, 0.4) is 0 Å². The van der Waals surface area contributed by atoms with E-state index in [-0.39, 0.29) is 84.8 Å². The Hall–Kier alpha value is -2.81. The fraction of sp³-hybridized carbons (Fsp3) is 0.737. The lowest BCUT2D eigenvalue weighted by Gasteiger charge is -2.35. The zero-order chi connectivity index (χ0) is 25.0. The van der Waals surface area contributed by atoms with Crippen LogP contribution in [-0.4, -0.2) is 153 Å². The van der Waals surface area contributed by atoms with Crippen molar-refractivity contribution in [3.05, 3.63) is 0 Å². The van der Waals surface area contributed by atoms with E-state index in [1.807, 2.05) is 0 Å². The number of aliphatic carboxylic acids is 5. The summed E-state index contributed by atoms with van der Waals surface area (Å²) in [4.78, 5) is 62.8. The van der Waals surface area contributed by atoms with Crippen molar-refractivity contribution in [2.75, 3.05) is 72.0 Å². The Balaban J connectivity index is 3.11. The van der Waals surface area contributed by atoms with Crippen molar-refractivity contribution in [1.29, 1.82) is 0 Å². The first-order valence-electron chi connectivity index (χ1n) is 10.5. The highest BCUT2D eigenvalue weighted by atomic mass is 16.4. The zero-order valence-corrected chi connectivity index (χ0v) is 18.3. The van der Waals surface area contributed by atoms with Gasteiger partial charge in [0, 0.05) is 58.8 Å². The van der Waals surface area contributed by atoms with Crippen molar-refractivity contribution in [3.8, 4) is 0 Å². The van der Waals surface area contributed by atoms with Crippen LogP contribution in [0, 0.1) is 0 Å². The van der Waals surface area contributed by atoms with E-state index in [1.165, 1.54) is 4.90 Å². The summed E-state index contributed by atoms with van der Waals surface area (Å²) < 4.78 is 0. The standard InChI is InChI=1S/C19H32N4O10/c24-15(25)2-1-14(19(32)33)23-9-7-21(12-17(28)29)5-3-20(11-16(26)27)4-6-22(8-10-23)13-18(30)31/h14H,1-13H2,(H,24,25)(H,26,27)(H,28,29)(H,30,31)(H,32,33)/t14-/m1/s1. The molecule has 188 valence electrons. The van der Waals surface area contributed by atoms with Crippen LogP contribution in [0.5, 0.6) is 0 Å². The lowest BCUT2D eigenvalue weighted by Crippen LogP contribution is -2.51. The smallest absolute Gasteiger partial charge is 0.320 e. The normalized spacial score (nSPS) is 19.2. The van der Waals surface area contributed by atoms with Gasteiger partial charge in [0.1, 0.15) is 6.04 Å². The highest BCUT2D eigenvalue weighted by Gasteiger charge is 2.28. The summed E-state index contributed by atoms with van der Waals surface area (Å²) in [5.41, 5.74) is 0. The van der Waals surface area contributed by atoms with Crippen molar-refractivity contribution in [2.24, 2.45) is 0 Å². The molecule has 0 saturated carbocycles. The molecule has 1 saturated heterocycles. The van der Waals surface area contributed by atoms with Crippen molar-refractivity contribution < 1.29 is 49.5 Å². The highest BCUT2D eigenvalue weighted by molar-refractivity contribution is 5.75. The molecule has 0 aromatic heterocycles. The Morgan fingerprint density at radius 3 is 1.15 bits per heavy atom. The van der Waals surface area contributed by atoms with E-state index in [1.54, 1.807) is 14.7 Å². The predicted molar refractivity (Wildman–Crippen MR) is 112 cm³/mol. The maximum absolute atomic E-state index is 11.8. The molecule has 14 nitrogen and oxygen atoms in total. The third-order valence-corrected chi connectivity index (χ3v) is 5.31. The molecule has 1 aliphatic heterocycles. The Kier molecular flexibility index (Phi) is 12.3.